The molecule has 0 fully saturated rings. The second kappa shape index (κ2) is 5.65. The first-order valence-electron chi connectivity index (χ1n) is 4.62. The van der Waals surface area contributed by atoms with E-state index in [0.29, 0.717) is 12.2 Å². The predicted molar refractivity (Wildman–Crippen MR) is 58.4 cm³/mol. The zero-order valence-electron chi connectivity index (χ0n) is 8.61. The summed E-state index contributed by atoms with van der Waals surface area (Å²) in [7, 11) is 0. The van der Waals surface area contributed by atoms with E-state index in [0.717, 1.165) is 0 Å². The first kappa shape index (κ1) is 13.5. The summed E-state index contributed by atoms with van der Waals surface area (Å²) < 4.78 is 1.80. The van der Waals surface area contributed by atoms with Gasteiger partial charge >= 0.3 is 5.69 Å². The minimum absolute atomic E-state index is 0. The average molecular weight is 274 g/mol. The zero-order chi connectivity index (χ0) is 11.5. The van der Waals surface area contributed by atoms with Gasteiger partial charge in [0.05, 0.1) is 0 Å². The van der Waals surface area contributed by atoms with Gasteiger partial charge in [0.2, 0.25) is 0 Å². The smallest absolute Gasteiger partial charge is 0.326 e. The van der Waals surface area contributed by atoms with Crippen LogP contribution in [0, 0.1) is 0 Å². The molecule has 2 N–H and O–H groups in total. The van der Waals surface area contributed by atoms with Crippen LogP contribution >= 0.6 is 11.6 Å². The molecule has 0 aliphatic rings. The number of aromatic nitrogens is 3. The maximum absolute atomic E-state index is 11.2. The van der Waals surface area contributed by atoms with Crippen LogP contribution in [0.25, 0.3) is 0 Å². The number of rotatable bonds is 2. The van der Waals surface area contributed by atoms with Crippen LogP contribution in [0.4, 0.5) is 0 Å². The van der Waals surface area contributed by atoms with Crippen LogP contribution in [0.2, 0.25) is 5.02 Å². The highest BCUT2D eigenvalue weighted by molar-refractivity contribution is 6.30. The lowest BCUT2D eigenvalue weighted by Gasteiger charge is -1.98. The predicted octanol–water partition coefficient (Wildman–Crippen LogP) is -2.94. The normalized spacial score (nSPS) is 9.71. The quantitative estimate of drug-likeness (QED) is 0.575. The molecule has 2 aromatic heterocycles. The summed E-state index contributed by atoms with van der Waals surface area (Å²) in [5, 5.41) is 0.0101. The number of H-pyrrole nitrogens is 2. The molecule has 0 atom stereocenters. The summed E-state index contributed by atoms with van der Waals surface area (Å²) in [4.78, 5) is 26.9. The summed E-state index contributed by atoms with van der Waals surface area (Å²) in [5.74, 6) is 0. The Labute approximate surface area is 108 Å². The van der Waals surface area contributed by atoms with Crippen LogP contribution in [0.1, 0.15) is 5.69 Å². The van der Waals surface area contributed by atoms with Gasteiger partial charge in [-0.3, -0.25) is 9.78 Å². The Morgan fingerprint density at radius 1 is 1.12 bits per heavy atom. The molecule has 7 heteroatoms. The second-order valence-corrected chi connectivity index (χ2v) is 3.63. The third-order valence-electron chi connectivity index (χ3n) is 2.07. The van der Waals surface area contributed by atoms with Crippen LogP contribution in [-0.4, -0.2) is 9.97 Å². The molecule has 2 heterocycles. The monoisotopic (exact) mass is 273 g/mol. The molecule has 0 radical (unpaired) electrons. The molecule has 0 spiro atoms. The Morgan fingerprint density at radius 3 is 2.41 bits per heavy atom. The van der Waals surface area contributed by atoms with E-state index in [2.05, 4.69) is 9.97 Å². The molecule has 2 aromatic rings. The summed E-state index contributed by atoms with van der Waals surface area (Å²) >= 11 is 5.79. The Hall–Kier alpha value is -1.59. The molecular weight excluding hydrogens is 265 g/mol. The van der Waals surface area contributed by atoms with Crippen LogP contribution in [0.5, 0.6) is 0 Å². The van der Waals surface area contributed by atoms with Crippen molar-refractivity contribution >= 4 is 11.6 Å². The van der Waals surface area contributed by atoms with Crippen LogP contribution in [-0.2, 0) is 6.54 Å². The minimum atomic E-state index is -0.572. The van der Waals surface area contributed by atoms with Crippen molar-refractivity contribution in [3.05, 3.63) is 62.1 Å². The van der Waals surface area contributed by atoms with Crippen molar-refractivity contribution in [2.24, 2.45) is 0 Å². The van der Waals surface area contributed by atoms with Crippen molar-refractivity contribution in [1.29, 1.82) is 0 Å². The molecule has 0 aromatic carbocycles. The Bertz CT molecular complexity index is 607. The van der Waals surface area contributed by atoms with E-state index in [1.807, 2.05) is 30.6 Å². The highest BCUT2D eigenvalue weighted by Gasteiger charge is 2.10. The summed E-state index contributed by atoms with van der Waals surface area (Å²) in [6.45, 7) is 0.346. The Morgan fingerprint density at radius 2 is 1.76 bits per heavy atom. The van der Waals surface area contributed by atoms with Gasteiger partial charge in [0, 0.05) is 12.1 Å². The first-order chi connectivity index (χ1) is 7.66. The molecule has 0 saturated carbocycles. The highest BCUT2D eigenvalue weighted by atomic mass is 35.5. The van der Waals surface area contributed by atoms with Crippen molar-refractivity contribution in [3.8, 4) is 0 Å². The highest BCUT2D eigenvalue weighted by Crippen LogP contribution is 2.03. The average Bonchev–Trinajstić information content (AvgIpc) is 2.27. The van der Waals surface area contributed by atoms with Gasteiger partial charge < -0.3 is 17.4 Å². The van der Waals surface area contributed by atoms with Gasteiger partial charge in [-0.2, -0.15) is 4.57 Å². The molecule has 17 heavy (non-hydrogen) atoms. The minimum Gasteiger partial charge on any atom is -1.00 e. The number of nitrogens with zero attached hydrogens (tertiary/aromatic N) is 1. The third-order valence-corrected chi connectivity index (χ3v) is 2.47. The van der Waals surface area contributed by atoms with Gasteiger partial charge in [-0.1, -0.05) is 17.7 Å². The molecule has 5 nitrogen and oxygen atoms in total. The van der Waals surface area contributed by atoms with Gasteiger partial charge in [0.1, 0.15) is 10.7 Å². The summed E-state index contributed by atoms with van der Waals surface area (Å²) in [6.07, 6.45) is 3.63. The largest absolute Gasteiger partial charge is 1.00 e. The first-order valence-corrected chi connectivity index (χ1v) is 4.99. The lowest BCUT2D eigenvalue weighted by Crippen LogP contribution is -3.00. The van der Waals surface area contributed by atoms with Gasteiger partial charge in [-0.15, -0.1) is 0 Å². The molecule has 90 valence electrons. The van der Waals surface area contributed by atoms with Gasteiger partial charge in [0.15, 0.2) is 18.9 Å². The maximum atomic E-state index is 11.2. The number of hydrogen-bond acceptors (Lipinski definition) is 2. The molecule has 0 saturated heterocycles. The fraction of sp³-hybridized carbons (Fsp3) is 0.100. The van der Waals surface area contributed by atoms with Crippen molar-refractivity contribution in [2.75, 3.05) is 0 Å². The molecule has 0 unspecified atom stereocenters. The van der Waals surface area contributed by atoms with Gasteiger partial charge in [-0.25, -0.2) is 4.79 Å². The SMILES string of the molecule is O=c1[nH]c(C[n+]2ccccc2)c(Cl)c(=O)[nH]1.[Cl-]. The number of hydrogen-bond donors (Lipinski definition) is 2. The van der Waals surface area contributed by atoms with Gasteiger partial charge in [0.25, 0.3) is 5.56 Å². The Balaban J connectivity index is 0.00000144. The van der Waals surface area contributed by atoms with Crippen LogP contribution < -0.4 is 28.2 Å². The van der Waals surface area contributed by atoms with Crippen molar-refractivity contribution < 1.29 is 17.0 Å². The number of halogens is 2. The molecule has 0 bridgehead atoms. The van der Waals surface area contributed by atoms with E-state index in [-0.39, 0.29) is 17.4 Å². The molecular formula is C10H9Cl2N3O2. The molecule has 2 rings (SSSR count). The molecule has 0 amide bonds. The van der Waals surface area contributed by atoms with E-state index in [9.17, 15) is 9.59 Å². The lowest BCUT2D eigenvalue weighted by atomic mass is 10.4. The second-order valence-electron chi connectivity index (χ2n) is 3.25. The van der Waals surface area contributed by atoms with E-state index >= 15 is 0 Å². The molecule has 0 aliphatic heterocycles. The number of nitrogens with one attached hydrogen (secondary N) is 2. The van der Waals surface area contributed by atoms with Crippen LogP contribution in [0.15, 0.2) is 40.2 Å². The number of aromatic amines is 2. The van der Waals surface area contributed by atoms with Crippen molar-refractivity contribution in [3.63, 3.8) is 0 Å². The van der Waals surface area contributed by atoms with Gasteiger partial charge in [-0.05, 0) is 0 Å². The van der Waals surface area contributed by atoms with Crippen molar-refractivity contribution in [1.82, 2.24) is 9.97 Å². The Kier molecular flexibility index (Phi) is 4.48. The lowest BCUT2D eigenvalue weighted by molar-refractivity contribution is -0.688. The summed E-state index contributed by atoms with van der Waals surface area (Å²) in [5.41, 5.74) is -0.732. The summed E-state index contributed by atoms with van der Waals surface area (Å²) in [6, 6.07) is 5.57. The fourth-order valence-corrected chi connectivity index (χ4v) is 1.50. The number of pyridine rings is 1. The maximum Gasteiger partial charge on any atom is 0.326 e. The topological polar surface area (TPSA) is 69.6 Å². The molecule has 0 aliphatic carbocycles. The third kappa shape index (κ3) is 3.18. The van der Waals surface area contributed by atoms with E-state index < -0.39 is 11.2 Å². The van der Waals surface area contributed by atoms with E-state index in [4.69, 9.17) is 11.6 Å². The van der Waals surface area contributed by atoms with E-state index in [1.165, 1.54) is 0 Å². The van der Waals surface area contributed by atoms with Crippen molar-refractivity contribution in [2.45, 2.75) is 6.54 Å². The van der Waals surface area contributed by atoms with E-state index in [1.54, 1.807) is 4.57 Å². The fourth-order valence-electron chi connectivity index (χ4n) is 1.35. The standard InChI is InChI=1S/C10H8ClN3O2.ClH/c11-8-7(12-10(16)13-9(8)15)6-14-4-2-1-3-5-14;/h1-5H,6H2,(H-,12,13,15,16);1H. The van der Waals surface area contributed by atoms with Crippen LogP contribution in [0.3, 0.4) is 0 Å². The zero-order valence-corrected chi connectivity index (χ0v) is 10.1.